The van der Waals surface area contributed by atoms with Crippen molar-refractivity contribution in [3.05, 3.63) is 77.1 Å². The first-order valence-electron chi connectivity index (χ1n) is 6.63. The van der Waals surface area contributed by atoms with Gasteiger partial charge in [-0.15, -0.1) is 0 Å². The monoisotopic (exact) mass is 299 g/mol. The molecule has 0 atom stereocenters. The lowest BCUT2D eigenvalue weighted by molar-refractivity contribution is 0.104. The van der Waals surface area contributed by atoms with Gasteiger partial charge in [0.25, 0.3) is 0 Å². The number of oxazole rings is 1. The van der Waals surface area contributed by atoms with Crippen LogP contribution in [0, 0.1) is 0 Å². The van der Waals surface area contributed by atoms with E-state index in [1.54, 1.807) is 6.26 Å². The predicted molar refractivity (Wildman–Crippen MR) is 81.9 cm³/mol. The number of aromatic nitrogens is 1. The van der Waals surface area contributed by atoms with Crippen LogP contribution in [0.25, 0.3) is 11.5 Å². The van der Waals surface area contributed by atoms with Crippen LogP contribution in [0.2, 0.25) is 5.02 Å². The first-order chi connectivity index (χ1) is 10.3. The molecule has 1 heterocycles. The molecule has 0 aliphatic heterocycles. The molecule has 21 heavy (non-hydrogen) atoms. The number of hydrogen-bond donors (Lipinski definition) is 0. The van der Waals surface area contributed by atoms with E-state index in [0.29, 0.717) is 19.1 Å². The van der Waals surface area contributed by atoms with Crippen LogP contribution in [-0.2, 0) is 18.0 Å². The number of ether oxygens (including phenoxy) is 1. The maximum Gasteiger partial charge on any atom is 0.226 e. The number of rotatable bonds is 5. The molecule has 0 aliphatic rings. The lowest BCUT2D eigenvalue weighted by Crippen LogP contribution is -1.94. The highest BCUT2D eigenvalue weighted by atomic mass is 35.5. The molecule has 4 heteroatoms. The number of hydrogen-bond acceptors (Lipinski definition) is 3. The Balaban J connectivity index is 1.57. The number of benzene rings is 2. The van der Waals surface area contributed by atoms with Crippen molar-refractivity contribution in [2.75, 3.05) is 0 Å². The fourth-order valence-corrected chi connectivity index (χ4v) is 2.07. The van der Waals surface area contributed by atoms with Crippen molar-refractivity contribution in [2.45, 2.75) is 13.2 Å². The Morgan fingerprint density at radius 1 is 0.952 bits per heavy atom. The summed E-state index contributed by atoms with van der Waals surface area (Å²) in [5, 5.41) is 0.725. The van der Waals surface area contributed by atoms with E-state index in [1.807, 2.05) is 54.6 Å². The Kier molecular flexibility index (Phi) is 4.34. The highest BCUT2D eigenvalue weighted by Gasteiger charge is 2.06. The molecule has 0 unspecified atom stereocenters. The van der Waals surface area contributed by atoms with Gasteiger partial charge in [0.05, 0.1) is 13.2 Å². The lowest BCUT2D eigenvalue weighted by Gasteiger charge is -2.02. The summed E-state index contributed by atoms with van der Waals surface area (Å²) in [6, 6.07) is 17.4. The molecule has 0 saturated heterocycles. The third kappa shape index (κ3) is 3.72. The van der Waals surface area contributed by atoms with Crippen molar-refractivity contribution in [2.24, 2.45) is 0 Å². The molecule has 3 nitrogen and oxygen atoms in total. The molecule has 0 bridgehead atoms. The fraction of sp³-hybridized carbons (Fsp3) is 0.118. The van der Waals surface area contributed by atoms with Crippen molar-refractivity contribution >= 4 is 11.6 Å². The van der Waals surface area contributed by atoms with E-state index in [1.165, 1.54) is 0 Å². The second-order valence-corrected chi connectivity index (χ2v) is 5.07. The quantitative estimate of drug-likeness (QED) is 0.684. The van der Waals surface area contributed by atoms with Gasteiger partial charge in [-0.3, -0.25) is 0 Å². The van der Waals surface area contributed by atoms with Gasteiger partial charge in [0.2, 0.25) is 5.89 Å². The Hall–Kier alpha value is -2.10. The standard InChI is InChI=1S/C17H14ClNO2/c18-15-8-6-13(7-9-15)10-20-11-16-12-21-17(19-16)14-4-2-1-3-5-14/h1-9,12H,10-11H2. The smallest absolute Gasteiger partial charge is 0.226 e. The second-order valence-electron chi connectivity index (χ2n) is 4.63. The summed E-state index contributed by atoms with van der Waals surface area (Å²) >= 11 is 5.84. The summed E-state index contributed by atoms with van der Waals surface area (Å²) < 4.78 is 11.1. The summed E-state index contributed by atoms with van der Waals surface area (Å²) in [7, 11) is 0. The zero-order chi connectivity index (χ0) is 14.5. The molecule has 2 aromatic carbocycles. The molecule has 0 radical (unpaired) electrons. The number of halogens is 1. The Bertz CT molecular complexity index is 692. The highest BCUT2D eigenvalue weighted by molar-refractivity contribution is 6.30. The van der Waals surface area contributed by atoms with Crippen molar-refractivity contribution in [1.82, 2.24) is 4.98 Å². The second kappa shape index (κ2) is 6.57. The molecule has 3 aromatic rings. The van der Waals surface area contributed by atoms with Crippen LogP contribution in [0.4, 0.5) is 0 Å². The number of nitrogens with zero attached hydrogens (tertiary/aromatic N) is 1. The first-order valence-corrected chi connectivity index (χ1v) is 7.01. The molecule has 0 N–H and O–H groups in total. The minimum Gasteiger partial charge on any atom is -0.444 e. The van der Waals surface area contributed by atoms with Crippen molar-refractivity contribution in [3.8, 4) is 11.5 Å². The zero-order valence-electron chi connectivity index (χ0n) is 11.3. The molecule has 0 spiro atoms. The van der Waals surface area contributed by atoms with Gasteiger partial charge >= 0.3 is 0 Å². The normalized spacial score (nSPS) is 10.7. The average molecular weight is 300 g/mol. The molecule has 106 valence electrons. The summed E-state index contributed by atoms with van der Waals surface area (Å²) in [4.78, 5) is 4.41. The van der Waals surface area contributed by atoms with E-state index in [2.05, 4.69) is 4.98 Å². The van der Waals surface area contributed by atoms with E-state index < -0.39 is 0 Å². The Morgan fingerprint density at radius 2 is 1.71 bits per heavy atom. The van der Waals surface area contributed by atoms with E-state index in [4.69, 9.17) is 20.8 Å². The van der Waals surface area contributed by atoms with E-state index in [9.17, 15) is 0 Å². The average Bonchev–Trinajstić information content (AvgIpc) is 2.99. The summed E-state index contributed by atoms with van der Waals surface area (Å²) in [5.41, 5.74) is 2.82. The van der Waals surface area contributed by atoms with Gasteiger partial charge in [0, 0.05) is 10.6 Å². The molecule has 0 fully saturated rings. The molecule has 1 aromatic heterocycles. The molecule has 3 rings (SSSR count). The third-order valence-electron chi connectivity index (χ3n) is 3.00. The SMILES string of the molecule is Clc1ccc(COCc2coc(-c3ccccc3)n2)cc1. The van der Waals surface area contributed by atoms with Gasteiger partial charge in [0.15, 0.2) is 0 Å². The van der Waals surface area contributed by atoms with Crippen LogP contribution in [-0.4, -0.2) is 4.98 Å². The van der Waals surface area contributed by atoms with Crippen molar-refractivity contribution in [1.29, 1.82) is 0 Å². The maximum absolute atomic E-state index is 5.84. The first kappa shape index (κ1) is 13.9. The molecule has 0 aliphatic carbocycles. The summed E-state index contributed by atoms with van der Waals surface area (Å²) in [6.45, 7) is 0.934. The molecule has 0 saturated carbocycles. The van der Waals surface area contributed by atoms with Gasteiger partial charge in [0.1, 0.15) is 12.0 Å². The van der Waals surface area contributed by atoms with Crippen molar-refractivity contribution < 1.29 is 9.15 Å². The Labute approximate surface area is 128 Å². The van der Waals surface area contributed by atoms with Gasteiger partial charge in [-0.05, 0) is 29.8 Å². The van der Waals surface area contributed by atoms with Crippen LogP contribution in [0.3, 0.4) is 0 Å². The van der Waals surface area contributed by atoms with E-state index in [-0.39, 0.29) is 0 Å². The van der Waals surface area contributed by atoms with Crippen LogP contribution in [0.15, 0.2) is 65.3 Å². The van der Waals surface area contributed by atoms with Gasteiger partial charge in [-0.1, -0.05) is 41.9 Å². The van der Waals surface area contributed by atoms with Crippen LogP contribution >= 0.6 is 11.6 Å². The summed E-state index contributed by atoms with van der Waals surface area (Å²) in [5.74, 6) is 0.612. The van der Waals surface area contributed by atoms with Crippen LogP contribution in [0.1, 0.15) is 11.3 Å². The minimum atomic E-state index is 0.416. The topological polar surface area (TPSA) is 35.3 Å². The summed E-state index contributed by atoms with van der Waals surface area (Å²) in [6.07, 6.45) is 1.63. The van der Waals surface area contributed by atoms with Crippen molar-refractivity contribution in [3.63, 3.8) is 0 Å². The molecule has 0 amide bonds. The van der Waals surface area contributed by atoms with E-state index >= 15 is 0 Å². The maximum atomic E-state index is 5.84. The predicted octanol–water partition coefficient (Wildman–Crippen LogP) is 4.71. The zero-order valence-corrected chi connectivity index (χ0v) is 12.1. The highest BCUT2D eigenvalue weighted by Crippen LogP contribution is 2.18. The third-order valence-corrected chi connectivity index (χ3v) is 3.26. The van der Waals surface area contributed by atoms with Gasteiger partial charge < -0.3 is 9.15 Å². The van der Waals surface area contributed by atoms with E-state index in [0.717, 1.165) is 21.8 Å². The van der Waals surface area contributed by atoms with Crippen LogP contribution < -0.4 is 0 Å². The fourth-order valence-electron chi connectivity index (χ4n) is 1.94. The Morgan fingerprint density at radius 3 is 2.48 bits per heavy atom. The molecular weight excluding hydrogens is 286 g/mol. The lowest BCUT2D eigenvalue weighted by atomic mass is 10.2. The van der Waals surface area contributed by atoms with Crippen LogP contribution in [0.5, 0.6) is 0 Å². The van der Waals surface area contributed by atoms with Gasteiger partial charge in [-0.2, -0.15) is 0 Å². The molecular formula is C17H14ClNO2. The van der Waals surface area contributed by atoms with Gasteiger partial charge in [-0.25, -0.2) is 4.98 Å². The minimum absolute atomic E-state index is 0.416. The largest absolute Gasteiger partial charge is 0.444 e.